The van der Waals surface area contributed by atoms with Crippen LogP contribution >= 0.6 is 11.8 Å². The summed E-state index contributed by atoms with van der Waals surface area (Å²) in [6.07, 6.45) is 2.19. The molecule has 0 aliphatic rings. The SMILES string of the molecule is CCOC(C)SCC(=O)CC(CCCC(=O)NCCOCCOCCNC)C(=O)NCC(=O)NCC(=O)O.CNCCOCCOCCCC(=O)CCC(=O)NCCN(CCNC(C)(C)/C(C)=N\O)CCNC(C)(C)/C(C)=N\O. The Bertz CT molecular complexity index is 1710. The zero-order valence-electron chi connectivity index (χ0n) is 49.2. The molecule has 0 aromatic carbocycles. The number of thioether (sulfide) groups is 1. The maximum Gasteiger partial charge on any atom is 0.322 e. The van der Waals surface area contributed by atoms with Crippen LogP contribution in [0, 0.1) is 5.92 Å². The molecule has 0 saturated carbocycles. The maximum atomic E-state index is 12.7. The summed E-state index contributed by atoms with van der Waals surface area (Å²) in [5.41, 5.74) is 0.107. The van der Waals surface area contributed by atoms with E-state index in [1.807, 2.05) is 55.6 Å². The minimum absolute atomic E-state index is 0.0414. The predicted octanol–water partition coefficient (Wildman–Crippen LogP) is 0.757. The highest BCUT2D eigenvalue weighted by Crippen LogP contribution is 2.18. The fraction of sp³-hybridized carbons (Fsp3) is 0.827. The summed E-state index contributed by atoms with van der Waals surface area (Å²) in [6, 6.07) is 0. The van der Waals surface area contributed by atoms with Crippen LogP contribution in [-0.2, 0) is 57.2 Å². The van der Waals surface area contributed by atoms with E-state index in [2.05, 4.69) is 57.7 Å². The van der Waals surface area contributed by atoms with E-state index in [0.717, 1.165) is 13.1 Å². The Morgan fingerprint density at radius 3 is 1.61 bits per heavy atom. The zero-order chi connectivity index (χ0) is 59.7. The molecule has 0 saturated heterocycles. The number of Topliss-reactive ketones (excluding diaryl/α,β-unsaturated/α-hetero) is 2. The molecule has 26 nitrogen and oxygen atoms in total. The molecular weight excluding hydrogens is 1050 g/mol. The van der Waals surface area contributed by atoms with Crippen LogP contribution in [0.3, 0.4) is 0 Å². The second kappa shape index (κ2) is 49.4. The number of carbonyl (C=O) groups excluding carboxylic acids is 6. The number of likely N-dealkylation sites (N-methyl/N-ethyl adjacent to an activating group) is 2. The third-order valence-electron chi connectivity index (χ3n) is 12.1. The number of amides is 4. The minimum Gasteiger partial charge on any atom is -0.480 e. The molecular formula is C52H101N11O15S. The molecule has 0 heterocycles. The van der Waals surface area contributed by atoms with Crippen LogP contribution in [0.25, 0.3) is 0 Å². The van der Waals surface area contributed by atoms with Gasteiger partial charge in [0.1, 0.15) is 23.5 Å². The largest absolute Gasteiger partial charge is 0.480 e. The van der Waals surface area contributed by atoms with E-state index in [9.17, 15) is 33.6 Å². The zero-order valence-corrected chi connectivity index (χ0v) is 50.0. The van der Waals surface area contributed by atoms with Gasteiger partial charge in [-0.25, -0.2) is 0 Å². The average molecular weight is 1150 g/mol. The predicted molar refractivity (Wildman–Crippen MR) is 305 cm³/mol. The molecule has 79 heavy (non-hydrogen) atoms. The number of carboxylic acids is 1. The lowest BCUT2D eigenvalue weighted by atomic mass is 9.95. The molecule has 0 aliphatic carbocycles. The number of nitrogens with one attached hydrogen (secondary N) is 8. The molecule has 0 bridgehead atoms. The average Bonchev–Trinajstić information content (AvgIpc) is 3.40. The molecule has 27 heteroatoms. The van der Waals surface area contributed by atoms with Crippen molar-refractivity contribution in [2.24, 2.45) is 16.2 Å². The number of ether oxygens (including phenoxy) is 5. The van der Waals surface area contributed by atoms with Crippen molar-refractivity contribution < 1.29 is 72.8 Å². The van der Waals surface area contributed by atoms with Gasteiger partial charge < -0.3 is 81.7 Å². The third kappa shape index (κ3) is 45.9. The first-order valence-electron chi connectivity index (χ1n) is 27.4. The summed E-state index contributed by atoms with van der Waals surface area (Å²) in [4.78, 5) is 86.2. The number of carboxylic acid groups (broad SMARTS) is 1. The lowest BCUT2D eigenvalue weighted by molar-refractivity contribution is -0.138. The Morgan fingerprint density at radius 2 is 1.09 bits per heavy atom. The molecule has 0 aliphatic heterocycles. The van der Waals surface area contributed by atoms with Crippen molar-refractivity contribution in [2.45, 2.75) is 123 Å². The lowest BCUT2D eigenvalue weighted by Crippen LogP contribution is -2.51. The number of hydrogen-bond donors (Lipinski definition) is 11. The highest BCUT2D eigenvalue weighted by atomic mass is 32.2. The van der Waals surface area contributed by atoms with Gasteiger partial charge in [-0.3, -0.25) is 38.5 Å². The summed E-state index contributed by atoms with van der Waals surface area (Å²) in [5, 5.41) is 56.5. The van der Waals surface area contributed by atoms with Gasteiger partial charge in [-0.05, 0) is 88.7 Å². The van der Waals surface area contributed by atoms with Gasteiger partial charge in [0.25, 0.3) is 0 Å². The van der Waals surface area contributed by atoms with E-state index in [0.29, 0.717) is 136 Å². The monoisotopic (exact) mass is 1150 g/mol. The fourth-order valence-electron chi connectivity index (χ4n) is 6.64. The van der Waals surface area contributed by atoms with Gasteiger partial charge in [-0.1, -0.05) is 10.3 Å². The van der Waals surface area contributed by atoms with Crippen LogP contribution < -0.4 is 42.5 Å². The van der Waals surface area contributed by atoms with Crippen molar-refractivity contribution in [3.05, 3.63) is 0 Å². The van der Waals surface area contributed by atoms with Crippen molar-refractivity contribution in [3.63, 3.8) is 0 Å². The topological polar surface area (TPSA) is 351 Å². The quantitative estimate of drug-likeness (QED) is 0.0132. The van der Waals surface area contributed by atoms with Gasteiger partial charge in [0.05, 0.1) is 81.0 Å². The second-order valence-electron chi connectivity index (χ2n) is 19.4. The number of ketones is 2. The Balaban J connectivity index is 0. The molecule has 0 rings (SSSR count). The van der Waals surface area contributed by atoms with E-state index in [1.165, 1.54) is 11.8 Å². The van der Waals surface area contributed by atoms with Crippen LogP contribution in [0.15, 0.2) is 10.3 Å². The molecule has 0 aromatic heterocycles. The summed E-state index contributed by atoms with van der Waals surface area (Å²) in [6.45, 7) is 24.3. The van der Waals surface area contributed by atoms with Gasteiger partial charge in [-0.15, -0.1) is 11.8 Å². The van der Waals surface area contributed by atoms with Crippen LogP contribution in [0.2, 0.25) is 0 Å². The third-order valence-corrected chi connectivity index (χ3v) is 13.2. The van der Waals surface area contributed by atoms with Crippen molar-refractivity contribution >= 4 is 64.3 Å². The summed E-state index contributed by atoms with van der Waals surface area (Å²) in [7, 11) is 3.71. The fourth-order valence-corrected chi connectivity index (χ4v) is 7.41. The number of nitrogens with zero attached hydrogens (tertiary/aromatic N) is 3. The van der Waals surface area contributed by atoms with Crippen molar-refractivity contribution in [1.29, 1.82) is 0 Å². The smallest absolute Gasteiger partial charge is 0.322 e. The maximum absolute atomic E-state index is 12.7. The standard InChI is InChI=1S/C28H57N7O6.C24H44N4O9S/c1-23(33-38)27(3,4)31-13-17-35(18-14-32-28(5,6)24(2)34-39)16-12-30-26(37)11-10-25(36)9-8-19-40-21-22-41-20-15-29-7;1-4-37-18(2)38-17-20(29)14-19(24(34)28-15-22(31)27-16-23(32)33)6-5-7-21(30)26-9-11-36-13-12-35-10-8-25-3/h29,31-32,38-39H,8-22H2,1-7H3,(H,30,37);18-19,25H,4-17H2,1-3H3,(H,26,30)(H,27,31)(H,28,34)(H,32,33)/b33-23-,34-24-;. The van der Waals surface area contributed by atoms with Gasteiger partial charge >= 0.3 is 5.97 Å². The van der Waals surface area contributed by atoms with E-state index in [-0.39, 0.29) is 66.7 Å². The van der Waals surface area contributed by atoms with Crippen LogP contribution in [-0.4, -0.2) is 241 Å². The van der Waals surface area contributed by atoms with E-state index in [1.54, 1.807) is 13.8 Å². The summed E-state index contributed by atoms with van der Waals surface area (Å²) < 4.78 is 27.0. The van der Waals surface area contributed by atoms with Gasteiger partial charge in [0, 0.05) is 110 Å². The molecule has 0 fully saturated rings. The van der Waals surface area contributed by atoms with Gasteiger partial charge in [0.15, 0.2) is 0 Å². The Morgan fingerprint density at radius 1 is 0.582 bits per heavy atom. The molecule has 0 spiro atoms. The van der Waals surface area contributed by atoms with Gasteiger partial charge in [0.2, 0.25) is 23.6 Å². The van der Waals surface area contributed by atoms with Crippen LogP contribution in [0.1, 0.15) is 107 Å². The van der Waals surface area contributed by atoms with E-state index < -0.39 is 47.9 Å². The van der Waals surface area contributed by atoms with E-state index >= 15 is 0 Å². The van der Waals surface area contributed by atoms with Crippen LogP contribution in [0.4, 0.5) is 0 Å². The van der Waals surface area contributed by atoms with Crippen LogP contribution in [0.5, 0.6) is 0 Å². The molecule has 11 N–H and O–H groups in total. The number of hydrogen-bond acceptors (Lipinski definition) is 22. The highest BCUT2D eigenvalue weighted by Gasteiger charge is 2.25. The number of oxime groups is 2. The van der Waals surface area contributed by atoms with Crippen molar-refractivity contribution in [1.82, 2.24) is 47.4 Å². The molecule has 0 radical (unpaired) electrons. The molecule has 0 aromatic rings. The Labute approximate surface area is 473 Å². The normalized spacial score (nSPS) is 12.8. The first-order valence-corrected chi connectivity index (χ1v) is 28.4. The summed E-state index contributed by atoms with van der Waals surface area (Å²) >= 11 is 1.33. The summed E-state index contributed by atoms with van der Waals surface area (Å²) in [5.74, 6) is -3.34. The van der Waals surface area contributed by atoms with Crippen molar-refractivity contribution in [2.75, 3.05) is 151 Å². The Kier molecular flexibility index (Phi) is 47.9. The highest BCUT2D eigenvalue weighted by molar-refractivity contribution is 8.00. The first kappa shape index (κ1) is 76.6. The molecule has 2 unspecified atom stereocenters. The van der Waals surface area contributed by atoms with E-state index in [4.69, 9.17) is 39.2 Å². The molecule has 4 amide bonds. The first-order chi connectivity index (χ1) is 37.6. The second-order valence-corrected chi connectivity index (χ2v) is 20.7. The minimum atomic E-state index is -1.20. The van der Waals surface area contributed by atoms with Gasteiger partial charge in [-0.2, -0.15) is 0 Å². The number of rotatable bonds is 51. The molecule has 2 atom stereocenters. The van der Waals surface area contributed by atoms with Crippen molar-refractivity contribution in [3.8, 4) is 0 Å². The number of carbonyl (C=O) groups is 7. The Hall–Kier alpha value is -4.42. The lowest BCUT2D eigenvalue weighted by Gasteiger charge is -2.30. The molecule has 460 valence electrons. The number of aliphatic carboxylic acids is 1.